The zero-order valence-electron chi connectivity index (χ0n) is 10.5. The Bertz CT molecular complexity index is 393. The van der Waals surface area contributed by atoms with Gasteiger partial charge in [-0.15, -0.1) is 0 Å². The van der Waals surface area contributed by atoms with Gasteiger partial charge in [-0.1, -0.05) is 23.7 Å². The van der Waals surface area contributed by atoms with Crippen molar-refractivity contribution in [2.24, 2.45) is 5.73 Å². The van der Waals surface area contributed by atoms with E-state index < -0.39 is 0 Å². The summed E-state index contributed by atoms with van der Waals surface area (Å²) in [5.41, 5.74) is 6.46. The number of benzene rings is 1. The summed E-state index contributed by atoms with van der Waals surface area (Å²) in [6.07, 6.45) is 0. The van der Waals surface area contributed by atoms with E-state index in [0.717, 1.165) is 5.56 Å². The maximum absolute atomic E-state index is 11.8. The smallest absolute Gasteiger partial charge is 0.237 e. The van der Waals surface area contributed by atoms with Gasteiger partial charge in [-0.2, -0.15) is 0 Å². The average molecular weight is 255 g/mol. The van der Waals surface area contributed by atoms with Crippen LogP contribution < -0.4 is 5.73 Å². The molecule has 0 aliphatic carbocycles. The molecule has 0 aliphatic heterocycles. The van der Waals surface area contributed by atoms with Crippen molar-refractivity contribution in [2.45, 2.75) is 32.9 Å². The Morgan fingerprint density at radius 1 is 1.41 bits per heavy atom. The van der Waals surface area contributed by atoms with Crippen LogP contribution in [0.1, 0.15) is 32.4 Å². The zero-order valence-corrected chi connectivity index (χ0v) is 11.2. The highest BCUT2D eigenvalue weighted by Crippen LogP contribution is 2.24. The van der Waals surface area contributed by atoms with E-state index in [1.165, 1.54) is 0 Å². The van der Waals surface area contributed by atoms with Crippen molar-refractivity contribution in [1.29, 1.82) is 0 Å². The molecule has 4 heteroatoms. The Morgan fingerprint density at radius 3 is 2.53 bits per heavy atom. The number of nitrogens with zero attached hydrogens (tertiary/aromatic N) is 1. The second-order valence-corrected chi connectivity index (χ2v) is 4.77. The largest absolute Gasteiger partial charge is 0.332 e. The van der Waals surface area contributed by atoms with Crippen LogP contribution in [-0.2, 0) is 4.79 Å². The molecule has 94 valence electrons. The number of carbonyl (C=O) groups excluding carboxylic acids is 1. The predicted octanol–water partition coefficient (Wildman–Crippen LogP) is 2.60. The molecule has 0 saturated heterocycles. The maximum atomic E-state index is 11.8. The number of halogens is 1. The van der Waals surface area contributed by atoms with Gasteiger partial charge in [-0.25, -0.2) is 0 Å². The fraction of sp³-hybridized carbons (Fsp3) is 0.462. The summed E-state index contributed by atoms with van der Waals surface area (Å²) in [7, 11) is 0. The van der Waals surface area contributed by atoms with Gasteiger partial charge in [-0.3, -0.25) is 4.79 Å². The number of amides is 1. The third kappa shape index (κ3) is 3.45. The minimum atomic E-state index is -0.0486. The van der Waals surface area contributed by atoms with Gasteiger partial charge < -0.3 is 10.6 Å². The number of hydrogen-bond donors (Lipinski definition) is 1. The molecule has 0 unspecified atom stereocenters. The van der Waals surface area contributed by atoms with Crippen molar-refractivity contribution in [1.82, 2.24) is 4.90 Å². The van der Waals surface area contributed by atoms with Crippen LogP contribution in [0.25, 0.3) is 0 Å². The van der Waals surface area contributed by atoms with E-state index in [-0.39, 0.29) is 24.5 Å². The van der Waals surface area contributed by atoms with Crippen molar-refractivity contribution in [3.63, 3.8) is 0 Å². The Balaban J connectivity index is 2.99. The molecular formula is C13H19ClN2O. The van der Waals surface area contributed by atoms with Gasteiger partial charge in [0.15, 0.2) is 0 Å². The maximum Gasteiger partial charge on any atom is 0.237 e. The van der Waals surface area contributed by atoms with Crippen LogP contribution >= 0.6 is 11.6 Å². The van der Waals surface area contributed by atoms with Gasteiger partial charge in [-0.05, 0) is 38.5 Å². The van der Waals surface area contributed by atoms with Crippen LogP contribution in [0, 0.1) is 0 Å². The summed E-state index contributed by atoms with van der Waals surface area (Å²) in [5.74, 6) is -0.0486. The summed E-state index contributed by atoms with van der Waals surface area (Å²) in [6.45, 7) is 5.98. The molecule has 0 radical (unpaired) electrons. The van der Waals surface area contributed by atoms with Gasteiger partial charge in [0.25, 0.3) is 0 Å². The lowest BCUT2D eigenvalue weighted by atomic mass is 10.1. The highest BCUT2D eigenvalue weighted by atomic mass is 35.5. The van der Waals surface area contributed by atoms with Crippen molar-refractivity contribution >= 4 is 17.5 Å². The molecule has 1 atom stereocenters. The molecule has 0 bridgehead atoms. The van der Waals surface area contributed by atoms with Crippen molar-refractivity contribution < 1.29 is 4.79 Å². The van der Waals surface area contributed by atoms with E-state index in [2.05, 4.69) is 0 Å². The highest BCUT2D eigenvalue weighted by Gasteiger charge is 2.22. The lowest BCUT2D eigenvalue weighted by Gasteiger charge is -2.33. The Kier molecular flexibility index (Phi) is 4.97. The van der Waals surface area contributed by atoms with Gasteiger partial charge in [0, 0.05) is 11.1 Å². The molecule has 1 rings (SSSR count). The first-order chi connectivity index (χ1) is 7.97. The number of carbonyl (C=O) groups is 1. The molecular weight excluding hydrogens is 236 g/mol. The summed E-state index contributed by atoms with van der Waals surface area (Å²) in [4.78, 5) is 13.6. The third-order valence-corrected chi connectivity index (χ3v) is 3.00. The lowest BCUT2D eigenvalue weighted by molar-refractivity contribution is -0.133. The van der Waals surface area contributed by atoms with Gasteiger partial charge in [0.05, 0.1) is 12.6 Å². The van der Waals surface area contributed by atoms with Crippen molar-refractivity contribution in [2.75, 3.05) is 6.54 Å². The van der Waals surface area contributed by atoms with Gasteiger partial charge >= 0.3 is 0 Å². The minimum Gasteiger partial charge on any atom is -0.332 e. The van der Waals surface area contributed by atoms with Crippen molar-refractivity contribution in [3.8, 4) is 0 Å². The van der Waals surface area contributed by atoms with E-state index in [1.807, 2.05) is 45.0 Å². The number of nitrogens with two attached hydrogens (primary N) is 1. The van der Waals surface area contributed by atoms with Crippen LogP contribution in [0.5, 0.6) is 0 Å². The molecule has 0 fully saturated rings. The molecule has 17 heavy (non-hydrogen) atoms. The molecule has 1 aromatic carbocycles. The molecule has 1 aromatic rings. The Morgan fingerprint density at radius 2 is 2.06 bits per heavy atom. The third-order valence-electron chi connectivity index (χ3n) is 2.77. The van der Waals surface area contributed by atoms with Crippen molar-refractivity contribution in [3.05, 3.63) is 34.9 Å². The topological polar surface area (TPSA) is 46.3 Å². The first kappa shape index (κ1) is 14.0. The zero-order chi connectivity index (χ0) is 13.0. The van der Waals surface area contributed by atoms with E-state index in [0.29, 0.717) is 5.02 Å². The number of hydrogen-bond acceptors (Lipinski definition) is 2. The molecule has 0 aromatic heterocycles. The Hall–Kier alpha value is -1.06. The Labute approximate surface area is 108 Å². The molecule has 0 saturated carbocycles. The van der Waals surface area contributed by atoms with Gasteiger partial charge in [0.2, 0.25) is 5.91 Å². The second kappa shape index (κ2) is 6.03. The standard InChI is InChI=1S/C13H19ClN2O/c1-9(2)16(13(17)8-15)10(3)11-5-4-6-12(14)7-11/h4-7,9-10H,8,15H2,1-3H3/t10-/m0/s1. The fourth-order valence-corrected chi connectivity index (χ4v) is 2.18. The lowest BCUT2D eigenvalue weighted by Crippen LogP contribution is -2.42. The molecule has 0 aliphatic rings. The van der Waals surface area contributed by atoms with Crippen LogP contribution in [0.4, 0.5) is 0 Å². The predicted molar refractivity (Wildman–Crippen MR) is 70.9 cm³/mol. The van der Waals surface area contributed by atoms with Gasteiger partial charge in [0.1, 0.15) is 0 Å². The molecule has 0 spiro atoms. The van der Waals surface area contributed by atoms with Crippen LogP contribution in [-0.4, -0.2) is 23.4 Å². The van der Waals surface area contributed by atoms with E-state index in [1.54, 1.807) is 4.90 Å². The van der Waals surface area contributed by atoms with E-state index in [4.69, 9.17) is 17.3 Å². The summed E-state index contributed by atoms with van der Waals surface area (Å²) in [6, 6.07) is 7.65. The molecule has 2 N–H and O–H groups in total. The SMILES string of the molecule is CC(C)N(C(=O)CN)[C@@H](C)c1cccc(Cl)c1. The quantitative estimate of drug-likeness (QED) is 0.898. The molecule has 0 heterocycles. The second-order valence-electron chi connectivity index (χ2n) is 4.33. The average Bonchev–Trinajstić information content (AvgIpc) is 2.28. The first-order valence-corrected chi connectivity index (χ1v) is 6.11. The van der Waals surface area contributed by atoms with Crippen LogP contribution in [0.2, 0.25) is 5.02 Å². The first-order valence-electron chi connectivity index (χ1n) is 5.74. The monoisotopic (exact) mass is 254 g/mol. The molecule has 1 amide bonds. The summed E-state index contributed by atoms with van der Waals surface area (Å²) >= 11 is 5.96. The summed E-state index contributed by atoms with van der Waals surface area (Å²) in [5, 5.41) is 0.679. The van der Waals surface area contributed by atoms with E-state index >= 15 is 0 Å². The molecule has 3 nitrogen and oxygen atoms in total. The van der Waals surface area contributed by atoms with Crippen LogP contribution in [0.3, 0.4) is 0 Å². The van der Waals surface area contributed by atoms with Crippen LogP contribution in [0.15, 0.2) is 24.3 Å². The fourth-order valence-electron chi connectivity index (χ4n) is 1.98. The minimum absolute atomic E-state index is 0.0234. The normalized spacial score (nSPS) is 12.6. The summed E-state index contributed by atoms with van der Waals surface area (Å²) < 4.78 is 0. The highest BCUT2D eigenvalue weighted by molar-refractivity contribution is 6.30. The number of rotatable bonds is 4. The van der Waals surface area contributed by atoms with E-state index in [9.17, 15) is 4.79 Å².